The lowest BCUT2D eigenvalue weighted by Crippen LogP contribution is -2.12. The Morgan fingerprint density at radius 3 is 2.63 bits per heavy atom. The van der Waals surface area contributed by atoms with Gasteiger partial charge in [-0.25, -0.2) is 4.39 Å². The van der Waals surface area contributed by atoms with Crippen LogP contribution in [0.5, 0.6) is 0 Å². The third-order valence-corrected chi connectivity index (χ3v) is 3.28. The zero-order chi connectivity index (χ0) is 13.7. The van der Waals surface area contributed by atoms with Gasteiger partial charge in [-0.15, -0.1) is 0 Å². The number of halogens is 1. The smallest absolute Gasteiger partial charge is 0.123 e. The largest absolute Gasteiger partial charge is 0.313 e. The second kappa shape index (κ2) is 6.48. The molecule has 100 valence electrons. The molecule has 2 heteroatoms. The van der Waals surface area contributed by atoms with Crippen LogP contribution in [0.15, 0.2) is 42.5 Å². The van der Waals surface area contributed by atoms with E-state index in [1.165, 1.54) is 11.6 Å². The van der Waals surface area contributed by atoms with Gasteiger partial charge in [-0.2, -0.15) is 0 Å². The zero-order valence-corrected chi connectivity index (χ0v) is 11.5. The lowest BCUT2D eigenvalue weighted by molar-refractivity contribution is 0.626. The van der Waals surface area contributed by atoms with Crippen LogP contribution in [0.3, 0.4) is 0 Å². The first-order chi connectivity index (χ1) is 9.24. The van der Waals surface area contributed by atoms with Crippen molar-refractivity contribution in [2.24, 2.45) is 0 Å². The Bertz CT molecular complexity index is 549. The Kier molecular flexibility index (Phi) is 4.69. The molecule has 0 unspecified atom stereocenters. The van der Waals surface area contributed by atoms with E-state index in [0.717, 1.165) is 36.2 Å². The van der Waals surface area contributed by atoms with Crippen molar-refractivity contribution < 1.29 is 4.39 Å². The van der Waals surface area contributed by atoms with E-state index in [4.69, 9.17) is 0 Å². The molecule has 2 aromatic rings. The van der Waals surface area contributed by atoms with E-state index in [1.54, 1.807) is 6.07 Å². The minimum absolute atomic E-state index is 0.183. The first-order valence-corrected chi connectivity index (χ1v) is 6.83. The molecule has 0 amide bonds. The van der Waals surface area contributed by atoms with Gasteiger partial charge in [-0.05, 0) is 47.4 Å². The van der Waals surface area contributed by atoms with Crippen molar-refractivity contribution in [2.45, 2.75) is 26.8 Å². The highest BCUT2D eigenvalue weighted by atomic mass is 19.1. The number of aryl methyl sites for hydroxylation is 1. The summed E-state index contributed by atoms with van der Waals surface area (Å²) in [5.74, 6) is -0.183. The normalized spacial score (nSPS) is 10.7. The van der Waals surface area contributed by atoms with Crippen LogP contribution in [-0.4, -0.2) is 6.54 Å². The average Bonchev–Trinajstić information content (AvgIpc) is 2.46. The summed E-state index contributed by atoms with van der Waals surface area (Å²) in [5, 5.41) is 3.30. The van der Waals surface area contributed by atoms with Crippen molar-refractivity contribution in [1.29, 1.82) is 0 Å². The van der Waals surface area contributed by atoms with Crippen LogP contribution in [0.25, 0.3) is 11.1 Å². The Labute approximate surface area is 114 Å². The summed E-state index contributed by atoms with van der Waals surface area (Å²) in [6.45, 7) is 5.87. The molecule has 0 fully saturated rings. The van der Waals surface area contributed by atoms with Crippen molar-refractivity contribution in [3.05, 3.63) is 59.4 Å². The van der Waals surface area contributed by atoms with E-state index in [2.05, 4.69) is 31.3 Å². The maximum atomic E-state index is 13.5. The van der Waals surface area contributed by atoms with Crippen LogP contribution >= 0.6 is 0 Å². The monoisotopic (exact) mass is 257 g/mol. The van der Waals surface area contributed by atoms with Crippen molar-refractivity contribution >= 4 is 0 Å². The third kappa shape index (κ3) is 3.42. The molecule has 0 heterocycles. The zero-order valence-electron chi connectivity index (χ0n) is 11.5. The summed E-state index contributed by atoms with van der Waals surface area (Å²) in [6.07, 6.45) is 0.992. The summed E-state index contributed by atoms with van der Waals surface area (Å²) in [6, 6.07) is 13.4. The Balaban J connectivity index is 2.43. The molecule has 2 rings (SSSR count). The fourth-order valence-corrected chi connectivity index (χ4v) is 2.19. The second-order valence-corrected chi connectivity index (χ2v) is 4.64. The first-order valence-electron chi connectivity index (χ1n) is 6.83. The molecule has 0 aliphatic rings. The van der Waals surface area contributed by atoms with Crippen LogP contribution in [0.4, 0.5) is 4.39 Å². The summed E-state index contributed by atoms with van der Waals surface area (Å²) in [4.78, 5) is 0. The number of hydrogen-bond donors (Lipinski definition) is 1. The lowest BCUT2D eigenvalue weighted by atomic mass is 9.97. The molecular weight excluding hydrogens is 237 g/mol. The fourth-order valence-electron chi connectivity index (χ4n) is 2.19. The average molecular weight is 257 g/mol. The van der Waals surface area contributed by atoms with Gasteiger partial charge in [-0.3, -0.25) is 0 Å². The molecular formula is C17H20FN. The van der Waals surface area contributed by atoms with Crippen LogP contribution in [0.1, 0.15) is 25.0 Å². The lowest BCUT2D eigenvalue weighted by Gasteiger charge is -2.11. The predicted molar refractivity (Wildman–Crippen MR) is 78.6 cm³/mol. The summed E-state index contributed by atoms with van der Waals surface area (Å²) >= 11 is 0. The first kappa shape index (κ1) is 13.8. The van der Waals surface area contributed by atoms with E-state index in [0.29, 0.717) is 0 Å². The Morgan fingerprint density at radius 1 is 1.05 bits per heavy atom. The van der Waals surface area contributed by atoms with Gasteiger partial charge < -0.3 is 5.32 Å². The third-order valence-electron chi connectivity index (χ3n) is 3.28. The van der Waals surface area contributed by atoms with Crippen molar-refractivity contribution in [3.63, 3.8) is 0 Å². The van der Waals surface area contributed by atoms with E-state index in [9.17, 15) is 4.39 Å². The minimum Gasteiger partial charge on any atom is -0.313 e. The summed E-state index contributed by atoms with van der Waals surface area (Å²) in [5.41, 5.74) is 4.48. The SMILES string of the molecule is CCNCc1ccc(F)cc1-c1cccc(CC)c1. The van der Waals surface area contributed by atoms with Gasteiger partial charge in [0, 0.05) is 6.54 Å². The van der Waals surface area contributed by atoms with Gasteiger partial charge in [0.15, 0.2) is 0 Å². The standard InChI is InChI=1S/C17H20FN/c1-3-13-6-5-7-14(10-13)17-11-16(18)9-8-15(17)12-19-4-2/h5-11,19H,3-4,12H2,1-2H3. The predicted octanol–water partition coefficient (Wildman–Crippen LogP) is 4.16. The van der Waals surface area contributed by atoms with Crippen LogP contribution in [-0.2, 0) is 13.0 Å². The molecule has 19 heavy (non-hydrogen) atoms. The van der Waals surface area contributed by atoms with Gasteiger partial charge in [0.2, 0.25) is 0 Å². The molecule has 0 aromatic heterocycles. The minimum atomic E-state index is -0.183. The van der Waals surface area contributed by atoms with Gasteiger partial charge in [-0.1, -0.05) is 44.2 Å². The number of benzene rings is 2. The molecule has 1 N–H and O–H groups in total. The second-order valence-electron chi connectivity index (χ2n) is 4.64. The maximum absolute atomic E-state index is 13.5. The van der Waals surface area contributed by atoms with E-state index in [-0.39, 0.29) is 5.82 Å². The molecule has 0 atom stereocenters. The van der Waals surface area contributed by atoms with Crippen LogP contribution < -0.4 is 5.32 Å². The highest BCUT2D eigenvalue weighted by molar-refractivity contribution is 5.68. The van der Waals surface area contributed by atoms with Gasteiger partial charge in [0.25, 0.3) is 0 Å². The van der Waals surface area contributed by atoms with E-state index >= 15 is 0 Å². The van der Waals surface area contributed by atoms with Crippen molar-refractivity contribution in [2.75, 3.05) is 6.54 Å². The maximum Gasteiger partial charge on any atom is 0.123 e. The highest BCUT2D eigenvalue weighted by Gasteiger charge is 2.07. The van der Waals surface area contributed by atoms with Gasteiger partial charge in [0.1, 0.15) is 5.82 Å². The fraction of sp³-hybridized carbons (Fsp3) is 0.294. The highest BCUT2D eigenvalue weighted by Crippen LogP contribution is 2.26. The Hall–Kier alpha value is -1.67. The van der Waals surface area contributed by atoms with Crippen LogP contribution in [0.2, 0.25) is 0 Å². The van der Waals surface area contributed by atoms with Gasteiger partial charge in [0.05, 0.1) is 0 Å². The van der Waals surface area contributed by atoms with E-state index in [1.807, 2.05) is 18.2 Å². The van der Waals surface area contributed by atoms with Gasteiger partial charge >= 0.3 is 0 Å². The number of hydrogen-bond acceptors (Lipinski definition) is 1. The summed E-state index contributed by atoms with van der Waals surface area (Å²) < 4.78 is 13.5. The topological polar surface area (TPSA) is 12.0 Å². The molecule has 0 bridgehead atoms. The Morgan fingerprint density at radius 2 is 1.89 bits per heavy atom. The molecule has 0 saturated carbocycles. The number of nitrogens with one attached hydrogen (secondary N) is 1. The quantitative estimate of drug-likeness (QED) is 0.848. The van der Waals surface area contributed by atoms with Crippen LogP contribution in [0, 0.1) is 5.82 Å². The molecule has 0 saturated heterocycles. The molecule has 1 nitrogen and oxygen atoms in total. The molecule has 0 spiro atoms. The molecule has 0 aliphatic heterocycles. The van der Waals surface area contributed by atoms with E-state index < -0.39 is 0 Å². The van der Waals surface area contributed by atoms with Crippen molar-refractivity contribution in [1.82, 2.24) is 5.32 Å². The molecule has 0 radical (unpaired) electrons. The number of rotatable bonds is 5. The molecule has 2 aromatic carbocycles. The van der Waals surface area contributed by atoms with Crippen molar-refractivity contribution in [3.8, 4) is 11.1 Å². The summed E-state index contributed by atoms with van der Waals surface area (Å²) in [7, 11) is 0. The molecule has 0 aliphatic carbocycles.